The number of hydrogen-bond donors (Lipinski definition) is 2. The van der Waals surface area contributed by atoms with Crippen molar-refractivity contribution < 1.29 is 19.4 Å². The minimum absolute atomic E-state index is 0.0122. The Labute approximate surface area is 119 Å². The topological polar surface area (TPSA) is 67.8 Å². The minimum Gasteiger partial charge on any atom is -0.493 e. The van der Waals surface area contributed by atoms with Gasteiger partial charge in [-0.25, -0.2) is 0 Å². The SMILES string of the molecule is CCOc1cc(CC(CO)CNC(C)=O)ccc1OC. The van der Waals surface area contributed by atoms with Crippen LogP contribution in [0.1, 0.15) is 19.4 Å². The summed E-state index contributed by atoms with van der Waals surface area (Å²) < 4.78 is 10.8. The highest BCUT2D eigenvalue weighted by Gasteiger charge is 2.12. The zero-order valence-electron chi connectivity index (χ0n) is 12.3. The molecule has 0 radical (unpaired) electrons. The first-order valence-corrected chi connectivity index (χ1v) is 6.75. The lowest BCUT2D eigenvalue weighted by molar-refractivity contribution is -0.119. The van der Waals surface area contributed by atoms with E-state index < -0.39 is 0 Å². The van der Waals surface area contributed by atoms with Crippen LogP contribution < -0.4 is 14.8 Å². The molecular formula is C15H23NO4. The Morgan fingerprint density at radius 3 is 2.70 bits per heavy atom. The maximum atomic E-state index is 10.9. The smallest absolute Gasteiger partial charge is 0.216 e. The van der Waals surface area contributed by atoms with Crippen LogP contribution in [0.25, 0.3) is 0 Å². The zero-order chi connectivity index (χ0) is 15.0. The molecule has 0 saturated heterocycles. The summed E-state index contributed by atoms with van der Waals surface area (Å²) >= 11 is 0. The number of amides is 1. The fraction of sp³-hybridized carbons (Fsp3) is 0.533. The highest BCUT2D eigenvalue weighted by Crippen LogP contribution is 2.28. The molecule has 5 heteroatoms. The molecule has 0 aliphatic rings. The number of rotatable bonds is 8. The average Bonchev–Trinajstić information content (AvgIpc) is 2.44. The maximum absolute atomic E-state index is 10.9. The number of carbonyl (C=O) groups is 1. The van der Waals surface area contributed by atoms with Gasteiger partial charge in [-0.2, -0.15) is 0 Å². The molecule has 1 amide bonds. The van der Waals surface area contributed by atoms with Crippen molar-refractivity contribution in [2.45, 2.75) is 20.3 Å². The first kappa shape index (κ1) is 16.3. The molecule has 0 aromatic heterocycles. The van der Waals surface area contributed by atoms with Gasteiger partial charge < -0.3 is 19.9 Å². The van der Waals surface area contributed by atoms with Gasteiger partial charge in [0.05, 0.1) is 13.7 Å². The molecule has 0 heterocycles. The molecule has 1 unspecified atom stereocenters. The monoisotopic (exact) mass is 281 g/mol. The lowest BCUT2D eigenvalue weighted by Gasteiger charge is -2.16. The van der Waals surface area contributed by atoms with Gasteiger partial charge in [-0.05, 0) is 31.0 Å². The molecule has 0 saturated carbocycles. The van der Waals surface area contributed by atoms with Crippen molar-refractivity contribution >= 4 is 5.91 Å². The summed E-state index contributed by atoms with van der Waals surface area (Å²) in [6.45, 7) is 4.43. The summed E-state index contributed by atoms with van der Waals surface area (Å²) in [5.74, 6) is 1.29. The van der Waals surface area contributed by atoms with Crippen LogP contribution >= 0.6 is 0 Å². The lowest BCUT2D eigenvalue weighted by atomic mass is 9.99. The van der Waals surface area contributed by atoms with Crippen molar-refractivity contribution in [2.24, 2.45) is 5.92 Å². The van der Waals surface area contributed by atoms with Gasteiger partial charge in [-0.15, -0.1) is 0 Å². The summed E-state index contributed by atoms with van der Waals surface area (Å²) in [6.07, 6.45) is 0.668. The Morgan fingerprint density at radius 2 is 2.15 bits per heavy atom. The predicted octanol–water partition coefficient (Wildman–Crippen LogP) is 1.38. The summed E-state index contributed by atoms with van der Waals surface area (Å²) in [5, 5.41) is 12.1. The molecule has 5 nitrogen and oxygen atoms in total. The summed E-state index contributed by atoms with van der Waals surface area (Å²) in [5.41, 5.74) is 1.04. The largest absolute Gasteiger partial charge is 0.493 e. The van der Waals surface area contributed by atoms with Gasteiger partial charge in [0.2, 0.25) is 5.91 Å². The Balaban J connectivity index is 2.74. The lowest BCUT2D eigenvalue weighted by Crippen LogP contribution is -2.30. The molecule has 2 N–H and O–H groups in total. The number of benzene rings is 1. The van der Waals surface area contributed by atoms with Gasteiger partial charge in [0, 0.05) is 26.0 Å². The van der Waals surface area contributed by atoms with Crippen LogP contribution in [0.3, 0.4) is 0 Å². The number of ether oxygens (including phenoxy) is 2. The van der Waals surface area contributed by atoms with Gasteiger partial charge in [0.25, 0.3) is 0 Å². The van der Waals surface area contributed by atoms with E-state index in [-0.39, 0.29) is 18.4 Å². The first-order valence-electron chi connectivity index (χ1n) is 6.75. The van der Waals surface area contributed by atoms with Crippen LogP contribution in [-0.2, 0) is 11.2 Å². The maximum Gasteiger partial charge on any atom is 0.216 e. The minimum atomic E-state index is -0.0896. The molecule has 0 spiro atoms. The average molecular weight is 281 g/mol. The Bertz CT molecular complexity index is 434. The fourth-order valence-electron chi connectivity index (χ4n) is 1.94. The van der Waals surface area contributed by atoms with Crippen molar-refractivity contribution in [3.05, 3.63) is 23.8 Å². The van der Waals surface area contributed by atoms with Crippen molar-refractivity contribution in [1.82, 2.24) is 5.32 Å². The van der Waals surface area contributed by atoms with Gasteiger partial charge in [-0.1, -0.05) is 6.07 Å². The van der Waals surface area contributed by atoms with E-state index in [1.165, 1.54) is 6.92 Å². The van der Waals surface area contributed by atoms with E-state index in [9.17, 15) is 9.90 Å². The Hall–Kier alpha value is -1.75. The number of hydrogen-bond acceptors (Lipinski definition) is 4. The van der Waals surface area contributed by atoms with E-state index in [1.54, 1.807) is 7.11 Å². The van der Waals surface area contributed by atoms with E-state index in [2.05, 4.69) is 5.32 Å². The van der Waals surface area contributed by atoms with Gasteiger partial charge in [0.1, 0.15) is 0 Å². The van der Waals surface area contributed by atoms with Crippen LogP contribution in [0.2, 0.25) is 0 Å². The van der Waals surface area contributed by atoms with Crippen LogP contribution in [0.5, 0.6) is 11.5 Å². The number of methoxy groups -OCH3 is 1. The van der Waals surface area contributed by atoms with E-state index in [0.29, 0.717) is 31.1 Å². The zero-order valence-corrected chi connectivity index (χ0v) is 12.3. The third kappa shape index (κ3) is 5.09. The molecule has 1 aromatic carbocycles. The van der Waals surface area contributed by atoms with E-state index >= 15 is 0 Å². The van der Waals surface area contributed by atoms with Crippen molar-refractivity contribution in [1.29, 1.82) is 0 Å². The second kappa shape index (κ2) is 8.43. The Kier molecular flexibility index (Phi) is 6.87. The molecule has 0 bridgehead atoms. The molecule has 112 valence electrons. The Morgan fingerprint density at radius 1 is 1.40 bits per heavy atom. The van der Waals surface area contributed by atoms with Crippen molar-refractivity contribution in [3.63, 3.8) is 0 Å². The molecular weight excluding hydrogens is 258 g/mol. The fourth-order valence-corrected chi connectivity index (χ4v) is 1.94. The molecule has 1 aromatic rings. The number of nitrogens with one attached hydrogen (secondary N) is 1. The first-order chi connectivity index (χ1) is 9.60. The van der Waals surface area contributed by atoms with E-state index in [4.69, 9.17) is 9.47 Å². The van der Waals surface area contributed by atoms with Gasteiger partial charge in [-0.3, -0.25) is 4.79 Å². The quantitative estimate of drug-likeness (QED) is 0.755. The third-order valence-corrected chi connectivity index (χ3v) is 2.95. The number of aliphatic hydroxyl groups is 1. The van der Waals surface area contributed by atoms with Gasteiger partial charge in [0.15, 0.2) is 11.5 Å². The van der Waals surface area contributed by atoms with Gasteiger partial charge >= 0.3 is 0 Å². The summed E-state index contributed by atoms with van der Waals surface area (Å²) in [6, 6.07) is 5.71. The second-order valence-corrected chi connectivity index (χ2v) is 4.61. The molecule has 1 atom stereocenters. The predicted molar refractivity (Wildman–Crippen MR) is 77.1 cm³/mol. The van der Waals surface area contributed by atoms with Crippen molar-refractivity contribution in [3.8, 4) is 11.5 Å². The second-order valence-electron chi connectivity index (χ2n) is 4.61. The van der Waals surface area contributed by atoms with Crippen LogP contribution in [0.4, 0.5) is 0 Å². The molecule has 1 rings (SSSR count). The summed E-state index contributed by atoms with van der Waals surface area (Å²) in [7, 11) is 1.60. The van der Waals surface area contributed by atoms with E-state index in [1.807, 2.05) is 25.1 Å². The summed E-state index contributed by atoms with van der Waals surface area (Å²) in [4.78, 5) is 10.9. The number of aliphatic hydroxyl groups excluding tert-OH is 1. The molecule has 20 heavy (non-hydrogen) atoms. The van der Waals surface area contributed by atoms with E-state index in [0.717, 1.165) is 5.56 Å². The molecule has 0 aliphatic heterocycles. The van der Waals surface area contributed by atoms with Crippen molar-refractivity contribution in [2.75, 3.05) is 26.9 Å². The van der Waals surface area contributed by atoms with Crippen LogP contribution in [-0.4, -0.2) is 37.9 Å². The van der Waals surface area contributed by atoms with Crippen LogP contribution in [0.15, 0.2) is 18.2 Å². The standard InChI is InChI=1S/C15H23NO4/c1-4-20-15-8-12(5-6-14(15)19-3)7-13(10-17)9-16-11(2)18/h5-6,8,13,17H,4,7,9-10H2,1-3H3,(H,16,18). The van der Waals surface area contributed by atoms with Crippen LogP contribution in [0, 0.1) is 5.92 Å². The third-order valence-electron chi connectivity index (χ3n) is 2.95. The number of carbonyl (C=O) groups excluding carboxylic acids is 1. The highest BCUT2D eigenvalue weighted by molar-refractivity contribution is 5.72. The normalized spacial score (nSPS) is 11.8. The highest BCUT2D eigenvalue weighted by atomic mass is 16.5. The molecule has 0 fully saturated rings. The molecule has 0 aliphatic carbocycles.